The van der Waals surface area contributed by atoms with Crippen LogP contribution in [0.1, 0.15) is 12.5 Å². The number of halogens is 1. The van der Waals surface area contributed by atoms with Gasteiger partial charge in [0.05, 0.1) is 10.6 Å². The van der Waals surface area contributed by atoms with Crippen molar-refractivity contribution in [3.8, 4) is 5.75 Å². The molecule has 0 radical (unpaired) electrons. The molecule has 0 spiro atoms. The molecule has 0 aliphatic heterocycles. The standard InChI is InChI=1S/C15H13FN4O3S/c1-9(11-8-10(16)6-7-14(11)21)18-19-15(24)17-12-4-2-3-5-13(12)20(22)23/h2-8,21H,1H3,(H2,17,19,24)/b18-9+. The number of nitrogens with zero attached hydrogens (tertiary/aromatic N) is 2. The van der Waals surface area contributed by atoms with Gasteiger partial charge in [-0.15, -0.1) is 0 Å². The molecule has 0 saturated heterocycles. The Bertz CT molecular complexity index is 826. The van der Waals surface area contributed by atoms with Crippen molar-refractivity contribution in [3.63, 3.8) is 0 Å². The first-order valence-corrected chi connectivity index (χ1v) is 7.13. The lowest BCUT2D eigenvalue weighted by molar-refractivity contribution is -0.383. The van der Waals surface area contributed by atoms with E-state index in [1.165, 1.54) is 24.3 Å². The van der Waals surface area contributed by atoms with Crippen molar-refractivity contribution < 1.29 is 14.4 Å². The van der Waals surface area contributed by atoms with Crippen molar-refractivity contribution in [1.29, 1.82) is 0 Å². The zero-order valence-electron chi connectivity index (χ0n) is 12.5. The number of benzene rings is 2. The number of anilines is 1. The Morgan fingerprint density at radius 2 is 2.04 bits per heavy atom. The van der Waals surface area contributed by atoms with Crippen LogP contribution in [0.2, 0.25) is 0 Å². The van der Waals surface area contributed by atoms with Gasteiger partial charge in [0.2, 0.25) is 0 Å². The SMILES string of the molecule is C/C(=N\NC(=S)Nc1ccccc1[N+](=O)[O-])c1cc(F)ccc1O. The molecule has 3 N–H and O–H groups in total. The van der Waals surface area contributed by atoms with Gasteiger partial charge in [0.1, 0.15) is 17.3 Å². The van der Waals surface area contributed by atoms with Crippen LogP contribution >= 0.6 is 12.2 Å². The fourth-order valence-electron chi connectivity index (χ4n) is 1.88. The summed E-state index contributed by atoms with van der Waals surface area (Å²) in [6, 6.07) is 9.47. The van der Waals surface area contributed by atoms with E-state index < -0.39 is 10.7 Å². The summed E-state index contributed by atoms with van der Waals surface area (Å²) in [7, 11) is 0. The highest BCUT2D eigenvalue weighted by Crippen LogP contribution is 2.23. The molecule has 0 aromatic heterocycles. The molecule has 0 unspecified atom stereocenters. The van der Waals surface area contributed by atoms with Crippen molar-refractivity contribution in [2.75, 3.05) is 5.32 Å². The number of hydrogen-bond acceptors (Lipinski definition) is 5. The van der Waals surface area contributed by atoms with Gasteiger partial charge < -0.3 is 10.4 Å². The number of nitrogens with one attached hydrogen (secondary N) is 2. The van der Waals surface area contributed by atoms with Gasteiger partial charge in [0, 0.05) is 11.6 Å². The highest BCUT2D eigenvalue weighted by Gasteiger charge is 2.13. The molecule has 0 bridgehead atoms. The number of aromatic hydroxyl groups is 1. The smallest absolute Gasteiger partial charge is 0.292 e. The molecule has 124 valence electrons. The van der Waals surface area contributed by atoms with Crippen LogP contribution in [0.15, 0.2) is 47.6 Å². The first-order valence-electron chi connectivity index (χ1n) is 6.72. The molecule has 2 rings (SSSR count). The lowest BCUT2D eigenvalue weighted by atomic mass is 10.1. The average Bonchev–Trinajstić information content (AvgIpc) is 2.55. The number of hydrazone groups is 1. The average molecular weight is 348 g/mol. The van der Waals surface area contributed by atoms with E-state index in [9.17, 15) is 19.6 Å². The van der Waals surface area contributed by atoms with Crippen molar-refractivity contribution in [3.05, 3.63) is 64.0 Å². The summed E-state index contributed by atoms with van der Waals surface area (Å²) >= 11 is 5.02. The van der Waals surface area contributed by atoms with Crippen molar-refractivity contribution >= 4 is 34.4 Å². The van der Waals surface area contributed by atoms with Crippen LogP contribution in [0, 0.1) is 15.9 Å². The Kier molecular flexibility index (Phi) is 5.38. The maximum Gasteiger partial charge on any atom is 0.292 e. The minimum atomic E-state index is -0.537. The molecule has 24 heavy (non-hydrogen) atoms. The number of phenols is 1. The van der Waals surface area contributed by atoms with Crippen LogP contribution in [-0.4, -0.2) is 20.9 Å². The summed E-state index contributed by atoms with van der Waals surface area (Å²) in [5, 5.41) is 27.2. The number of rotatable bonds is 4. The molecule has 9 heteroatoms. The summed E-state index contributed by atoms with van der Waals surface area (Å²) in [6.45, 7) is 1.55. The first kappa shape index (κ1) is 17.3. The second-order valence-corrected chi connectivity index (χ2v) is 5.11. The lowest BCUT2D eigenvalue weighted by Crippen LogP contribution is -2.25. The monoisotopic (exact) mass is 348 g/mol. The van der Waals surface area contributed by atoms with Gasteiger partial charge in [0.15, 0.2) is 5.11 Å². The van der Waals surface area contributed by atoms with E-state index in [-0.39, 0.29) is 27.8 Å². The minimum Gasteiger partial charge on any atom is -0.507 e. The Hall–Kier alpha value is -3.07. The van der Waals surface area contributed by atoms with E-state index in [2.05, 4.69) is 15.8 Å². The predicted molar refractivity (Wildman–Crippen MR) is 92.7 cm³/mol. The molecule has 0 amide bonds. The van der Waals surface area contributed by atoms with Crippen molar-refractivity contribution in [1.82, 2.24) is 5.43 Å². The quantitative estimate of drug-likeness (QED) is 0.340. The van der Waals surface area contributed by atoms with Crippen molar-refractivity contribution in [2.45, 2.75) is 6.92 Å². The molecule has 0 aliphatic rings. The maximum absolute atomic E-state index is 13.2. The van der Waals surface area contributed by atoms with Gasteiger partial charge in [0.25, 0.3) is 5.69 Å². The number of nitro benzene ring substituents is 1. The summed E-state index contributed by atoms with van der Waals surface area (Å²) < 4.78 is 13.2. The molecular formula is C15H13FN4O3S. The Morgan fingerprint density at radius 3 is 2.75 bits per heavy atom. The van der Waals surface area contributed by atoms with Crippen LogP contribution in [0.3, 0.4) is 0 Å². The molecule has 0 aliphatic carbocycles. The number of nitro groups is 1. The Morgan fingerprint density at radius 1 is 1.33 bits per heavy atom. The minimum absolute atomic E-state index is 0.0135. The van der Waals surface area contributed by atoms with Crippen molar-refractivity contribution in [2.24, 2.45) is 5.10 Å². The predicted octanol–water partition coefficient (Wildman–Crippen LogP) is 3.15. The van der Waals surface area contributed by atoms with Gasteiger partial charge in [-0.05, 0) is 43.4 Å². The molecule has 0 fully saturated rings. The molecule has 7 nitrogen and oxygen atoms in total. The molecule has 2 aromatic rings. The van der Waals surface area contributed by atoms with Gasteiger partial charge in [-0.25, -0.2) is 4.39 Å². The molecule has 0 heterocycles. The molecule has 2 aromatic carbocycles. The third-order valence-electron chi connectivity index (χ3n) is 3.02. The normalized spacial score (nSPS) is 11.0. The molecule has 0 atom stereocenters. The number of phenolic OH excluding ortho intramolecular Hbond substituents is 1. The van der Waals surface area contributed by atoms with Crippen LogP contribution < -0.4 is 10.7 Å². The summed E-state index contributed by atoms with van der Waals surface area (Å²) in [5.74, 6) is -0.644. The fourth-order valence-corrected chi connectivity index (χ4v) is 2.04. The number of hydrogen-bond donors (Lipinski definition) is 3. The Balaban J connectivity index is 2.10. The van der Waals surface area contributed by atoms with E-state index in [1.807, 2.05) is 0 Å². The van der Waals surface area contributed by atoms with Gasteiger partial charge in [-0.3, -0.25) is 15.5 Å². The number of thiocarbonyl (C=S) groups is 1. The summed E-state index contributed by atoms with van der Waals surface area (Å²) in [6.07, 6.45) is 0. The molecular weight excluding hydrogens is 335 g/mol. The third-order valence-corrected chi connectivity index (χ3v) is 3.22. The zero-order chi connectivity index (χ0) is 17.7. The number of para-hydroxylation sites is 2. The first-order chi connectivity index (χ1) is 11.4. The van der Waals surface area contributed by atoms with E-state index >= 15 is 0 Å². The van der Waals surface area contributed by atoms with E-state index in [4.69, 9.17) is 12.2 Å². The topological polar surface area (TPSA) is 99.8 Å². The maximum atomic E-state index is 13.2. The fraction of sp³-hybridized carbons (Fsp3) is 0.0667. The lowest BCUT2D eigenvalue weighted by Gasteiger charge is -2.09. The van der Waals surface area contributed by atoms with Gasteiger partial charge >= 0.3 is 0 Å². The third kappa shape index (κ3) is 4.23. The van der Waals surface area contributed by atoms with Crippen LogP contribution in [0.25, 0.3) is 0 Å². The zero-order valence-corrected chi connectivity index (χ0v) is 13.3. The summed E-state index contributed by atoms with van der Waals surface area (Å²) in [5.41, 5.74) is 3.06. The van der Waals surface area contributed by atoms with E-state index in [0.717, 1.165) is 12.1 Å². The Labute approximate surface area is 142 Å². The highest BCUT2D eigenvalue weighted by atomic mass is 32.1. The van der Waals surface area contributed by atoms with Crippen LogP contribution in [-0.2, 0) is 0 Å². The largest absolute Gasteiger partial charge is 0.507 e. The van der Waals surface area contributed by atoms with Crippen LogP contribution in [0.5, 0.6) is 5.75 Å². The van der Waals surface area contributed by atoms with Gasteiger partial charge in [-0.2, -0.15) is 5.10 Å². The second kappa shape index (κ2) is 7.47. The van der Waals surface area contributed by atoms with E-state index in [0.29, 0.717) is 5.71 Å². The van der Waals surface area contributed by atoms with E-state index in [1.54, 1.807) is 13.0 Å². The highest BCUT2D eigenvalue weighted by molar-refractivity contribution is 7.80. The summed E-state index contributed by atoms with van der Waals surface area (Å²) in [4.78, 5) is 10.4. The second-order valence-electron chi connectivity index (χ2n) is 4.70. The van der Waals surface area contributed by atoms with Crippen LogP contribution in [0.4, 0.5) is 15.8 Å². The van der Waals surface area contributed by atoms with Gasteiger partial charge in [-0.1, -0.05) is 12.1 Å². The molecule has 0 saturated carbocycles.